The number of carboxylic acids is 1. The van der Waals surface area contributed by atoms with Gasteiger partial charge in [-0.05, 0) is 64.2 Å². The number of carbonyl (C=O) groups is 2. The van der Waals surface area contributed by atoms with Crippen molar-refractivity contribution >= 4 is 11.9 Å². The Bertz CT molecular complexity index is 643. The number of hydrogen-bond acceptors (Lipinski definition) is 3. The second kappa shape index (κ2) is 37.1. The highest BCUT2D eigenvalue weighted by atomic mass is 16.5. The van der Waals surface area contributed by atoms with Crippen molar-refractivity contribution in [2.75, 3.05) is 0 Å². The molecule has 0 heterocycles. The first-order valence-corrected chi connectivity index (χ1v) is 20.2. The summed E-state index contributed by atoms with van der Waals surface area (Å²) in [6.07, 6.45) is 45.3. The van der Waals surface area contributed by atoms with E-state index in [1.807, 2.05) is 0 Å². The molecule has 0 aliphatic carbocycles. The average Bonchev–Trinajstić information content (AvgIpc) is 3.02. The molecule has 1 atom stereocenters. The maximum Gasteiger partial charge on any atom is 0.306 e. The minimum atomic E-state index is -0.709. The van der Waals surface area contributed by atoms with Crippen LogP contribution < -0.4 is 0 Å². The van der Waals surface area contributed by atoms with E-state index in [0.29, 0.717) is 6.42 Å². The zero-order valence-corrected chi connectivity index (χ0v) is 30.4. The highest BCUT2D eigenvalue weighted by molar-refractivity contribution is 5.69. The summed E-state index contributed by atoms with van der Waals surface area (Å²) in [6.45, 7) is 4.53. The van der Waals surface area contributed by atoms with Crippen LogP contribution in [0.5, 0.6) is 0 Å². The second-order valence-corrected chi connectivity index (χ2v) is 13.8. The fourth-order valence-corrected chi connectivity index (χ4v) is 6.24. The van der Waals surface area contributed by atoms with E-state index in [1.165, 1.54) is 148 Å². The first-order valence-electron chi connectivity index (χ1n) is 20.2. The van der Waals surface area contributed by atoms with Crippen molar-refractivity contribution in [2.45, 2.75) is 238 Å². The van der Waals surface area contributed by atoms with Crippen LogP contribution in [-0.4, -0.2) is 23.1 Å². The monoisotopic (exact) mass is 635 g/mol. The number of carboxylic acid groups (broad SMARTS) is 1. The topological polar surface area (TPSA) is 63.6 Å². The molecule has 0 saturated heterocycles. The molecule has 4 heteroatoms. The van der Waals surface area contributed by atoms with Crippen molar-refractivity contribution < 1.29 is 19.4 Å². The minimum Gasteiger partial charge on any atom is -0.481 e. The predicted molar refractivity (Wildman–Crippen MR) is 195 cm³/mol. The lowest BCUT2D eigenvalue weighted by atomic mass is 10.0. The number of ether oxygens (including phenoxy) is 1. The number of carbonyl (C=O) groups excluding carboxylic acids is 1. The molecule has 0 fully saturated rings. The van der Waals surface area contributed by atoms with Crippen molar-refractivity contribution in [3.8, 4) is 0 Å². The Balaban J connectivity index is 3.75. The van der Waals surface area contributed by atoms with Crippen LogP contribution in [0.25, 0.3) is 0 Å². The number of unbranched alkanes of at least 4 members (excludes halogenated alkanes) is 26. The minimum absolute atomic E-state index is 0.0119. The van der Waals surface area contributed by atoms with Gasteiger partial charge in [0.1, 0.15) is 6.10 Å². The molecule has 0 bridgehead atoms. The molecule has 4 nitrogen and oxygen atoms in total. The van der Waals surface area contributed by atoms with Crippen LogP contribution in [0, 0.1) is 0 Å². The summed E-state index contributed by atoms with van der Waals surface area (Å²) in [4.78, 5) is 23.3. The van der Waals surface area contributed by atoms with Gasteiger partial charge in [-0.25, -0.2) is 0 Å². The molecule has 1 unspecified atom stereocenters. The lowest BCUT2D eigenvalue weighted by Gasteiger charge is -2.18. The summed E-state index contributed by atoms with van der Waals surface area (Å²) in [5, 5.41) is 8.82. The maximum atomic E-state index is 12.6. The van der Waals surface area contributed by atoms with Crippen molar-refractivity contribution in [1.29, 1.82) is 0 Å². The van der Waals surface area contributed by atoms with Gasteiger partial charge >= 0.3 is 11.9 Å². The maximum absolute atomic E-state index is 12.6. The molecule has 266 valence electrons. The Morgan fingerprint density at radius 2 is 0.800 bits per heavy atom. The number of allylic oxidation sites excluding steroid dienone is 2. The van der Waals surface area contributed by atoms with E-state index < -0.39 is 5.97 Å². The Hall–Kier alpha value is -1.32. The third kappa shape index (κ3) is 37.0. The third-order valence-electron chi connectivity index (χ3n) is 9.24. The van der Waals surface area contributed by atoms with E-state index in [1.54, 1.807) is 0 Å². The second-order valence-electron chi connectivity index (χ2n) is 13.8. The van der Waals surface area contributed by atoms with Crippen molar-refractivity contribution in [3.63, 3.8) is 0 Å². The Kier molecular flexibility index (Phi) is 36.1. The van der Waals surface area contributed by atoms with Crippen LogP contribution in [0.3, 0.4) is 0 Å². The fraction of sp³-hybridized carbons (Fsp3) is 0.902. The smallest absolute Gasteiger partial charge is 0.306 e. The molecule has 0 aliphatic heterocycles. The molecule has 0 aliphatic rings. The molecule has 0 spiro atoms. The fourth-order valence-electron chi connectivity index (χ4n) is 6.24. The quantitative estimate of drug-likeness (QED) is 0.0419. The van der Waals surface area contributed by atoms with Gasteiger partial charge in [0.25, 0.3) is 0 Å². The molecule has 0 aromatic rings. The number of aliphatic carboxylic acids is 1. The van der Waals surface area contributed by atoms with Gasteiger partial charge in [0.2, 0.25) is 0 Å². The predicted octanol–water partition coefficient (Wildman–Crippen LogP) is 13.8. The molecule has 0 rings (SSSR count). The Labute approximate surface area is 281 Å². The van der Waals surface area contributed by atoms with Gasteiger partial charge < -0.3 is 9.84 Å². The van der Waals surface area contributed by atoms with Gasteiger partial charge in [-0.1, -0.05) is 167 Å². The molecule has 0 saturated carbocycles. The summed E-state index contributed by atoms with van der Waals surface area (Å²) in [7, 11) is 0. The largest absolute Gasteiger partial charge is 0.481 e. The van der Waals surface area contributed by atoms with Crippen molar-refractivity contribution in [1.82, 2.24) is 0 Å². The van der Waals surface area contributed by atoms with Gasteiger partial charge in [0.05, 0.1) is 0 Å². The number of esters is 1. The number of rotatable bonds is 37. The van der Waals surface area contributed by atoms with Crippen LogP contribution in [0.2, 0.25) is 0 Å². The molecule has 0 radical (unpaired) electrons. The lowest BCUT2D eigenvalue weighted by Crippen LogP contribution is -2.18. The summed E-state index contributed by atoms with van der Waals surface area (Å²) in [5.74, 6) is -0.721. The standard InChI is InChI=1S/C41H78O4/c1-3-5-7-9-11-12-13-14-15-16-17-18-19-20-21-22-23-24-26-28-34-38-41(44)45-39(35-31-27-25-10-8-6-4-2)36-32-29-30-33-37-40(42)43/h14-15,39H,3-13,16-38H2,1-2H3,(H,42,43)/b15-14-. The Morgan fingerprint density at radius 1 is 0.467 bits per heavy atom. The van der Waals surface area contributed by atoms with Gasteiger partial charge in [-0.15, -0.1) is 0 Å². The van der Waals surface area contributed by atoms with Gasteiger partial charge in [0.15, 0.2) is 0 Å². The summed E-state index contributed by atoms with van der Waals surface area (Å²) < 4.78 is 5.95. The zero-order chi connectivity index (χ0) is 32.9. The van der Waals surface area contributed by atoms with E-state index in [4.69, 9.17) is 9.84 Å². The molecule has 0 aromatic carbocycles. The van der Waals surface area contributed by atoms with Crippen LogP contribution in [0.4, 0.5) is 0 Å². The third-order valence-corrected chi connectivity index (χ3v) is 9.24. The van der Waals surface area contributed by atoms with Crippen LogP contribution >= 0.6 is 0 Å². The van der Waals surface area contributed by atoms with Crippen LogP contribution in [0.1, 0.15) is 232 Å². The van der Waals surface area contributed by atoms with E-state index in [-0.39, 0.29) is 18.5 Å². The van der Waals surface area contributed by atoms with E-state index in [9.17, 15) is 9.59 Å². The highest BCUT2D eigenvalue weighted by Gasteiger charge is 2.14. The van der Waals surface area contributed by atoms with E-state index in [0.717, 1.165) is 57.8 Å². The normalized spacial score (nSPS) is 12.2. The van der Waals surface area contributed by atoms with Gasteiger partial charge in [-0.2, -0.15) is 0 Å². The van der Waals surface area contributed by atoms with E-state index >= 15 is 0 Å². The molecular formula is C41H78O4. The average molecular weight is 635 g/mol. The van der Waals surface area contributed by atoms with Crippen molar-refractivity contribution in [2.24, 2.45) is 0 Å². The molecule has 0 amide bonds. The number of hydrogen-bond donors (Lipinski definition) is 1. The molecular weight excluding hydrogens is 556 g/mol. The van der Waals surface area contributed by atoms with Crippen molar-refractivity contribution in [3.05, 3.63) is 12.2 Å². The molecule has 45 heavy (non-hydrogen) atoms. The lowest BCUT2D eigenvalue weighted by molar-refractivity contribution is -0.150. The van der Waals surface area contributed by atoms with E-state index in [2.05, 4.69) is 26.0 Å². The summed E-state index contributed by atoms with van der Waals surface area (Å²) in [6, 6.07) is 0. The highest BCUT2D eigenvalue weighted by Crippen LogP contribution is 2.19. The van der Waals surface area contributed by atoms with Gasteiger partial charge in [-0.3, -0.25) is 9.59 Å². The molecule has 1 N–H and O–H groups in total. The first-order chi connectivity index (χ1) is 22.1. The zero-order valence-electron chi connectivity index (χ0n) is 30.4. The van der Waals surface area contributed by atoms with Gasteiger partial charge in [0, 0.05) is 12.8 Å². The summed E-state index contributed by atoms with van der Waals surface area (Å²) in [5.41, 5.74) is 0. The summed E-state index contributed by atoms with van der Waals surface area (Å²) >= 11 is 0. The first kappa shape index (κ1) is 43.7. The van der Waals surface area contributed by atoms with Crippen LogP contribution in [-0.2, 0) is 14.3 Å². The van der Waals surface area contributed by atoms with Crippen LogP contribution in [0.15, 0.2) is 12.2 Å². The Morgan fingerprint density at radius 3 is 1.20 bits per heavy atom. The molecule has 0 aromatic heterocycles. The SMILES string of the molecule is CCCCCCCC/C=C\CCCCCCCCCCCCCC(=O)OC(CCCCCCCCC)CCCCCCC(=O)O.